The molecule has 1 aliphatic rings. The Bertz CT molecular complexity index is 1180. The summed E-state index contributed by atoms with van der Waals surface area (Å²) in [5, 5.41) is 1.16. The summed E-state index contributed by atoms with van der Waals surface area (Å²) in [6.07, 6.45) is 1.69. The second-order valence-corrected chi connectivity index (χ2v) is 7.78. The molecule has 2 aromatic heterocycles. The summed E-state index contributed by atoms with van der Waals surface area (Å²) in [6, 6.07) is 15.1. The van der Waals surface area contributed by atoms with Crippen LogP contribution >= 0.6 is 0 Å². The highest BCUT2D eigenvalue weighted by Gasteiger charge is 2.27. The van der Waals surface area contributed by atoms with Crippen LogP contribution in [0.15, 0.2) is 48.8 Å². The monoisotopic (exact) mass is 387 g/mol. The van der Waals surface area contributed by atoms with E-state index in [-0.39, 0.29) is 0 Å². The van der Waals surface area contributed by atoms with Gasteiger partial charge in [-0.2, -0.15) is 0 Å². The smallest absolute Gasteiger partial charge is 0.156 e. The van der Waals surface area contributed by atoms with E-state index < -0.39 is 0 Å². The standard InChI is InChI=1S/C23H25N5O/c1-15-7-8-20-19(11-15)21-22(26-20)23(25-14-24-21)27-9-10-28(16(2)13-27)17-5-4-6-18(12-17)29-3/h4-8,11-12,14,16,26H,9-10,13H2,1-3H3/t16-/m1/s1. The molecule has 148 valence electrons. The third-order valence-electron chi connectivity index (χ3n) is 5.83. The average Bonchev–Trinajstić information content (AvgIpc) is 3.11. The van der Waals surface area contributed by atoms with E-state index >= 15 is 0 Å². The fourth-order valence-corrected chi connectivity index (χ4v) is 4.36. The van der Waals surface area contributed by atoms with Gasteiger partial charge in [-0.05, 0) is 38.1 Å². The largest absolute Gasteiger partial charge is 0.497 e. The van der Waals surface area contributed by atoms with Crippen LogP contribution in [0.5, 0.6) is 5.75 Å². The second-order valence-electron chi connectivity index (χ2n) is 7.78. The van der Waals surface area contributed by atoms with E-state index in [4.69, 9.17) is 4.74 Å². The molecule has 2 aromatic carbocycles. The van der Waals surface area contributed by atoms with Crippen molar-refractivity contribution < 1.29 is 4.74 Å². The molecule has 6 nitrogen and oxygen atoms in total. The van der Waals surface area contributed by atoms with E-state index in [1.54, 1.807) is 13.4 Å². The third kappa shape index (κ3) is 3.05. The van der Waals surface area contributed by atoms with Crippen LogP contribution in [0.3, 0.4) is 0 Å². The number of benzene rings is 2. The SMILES string of the molecule is COc1cccc(N2CCN(c3ncnc4c3[nH]c3ccc(C)cc34)C[C@H]2C)c1. The fraction of sp³-hybridized carbons (Fsp3) is 0.304. The number of aromatic amines is 1. The highest BCUT2D eigenvalue weighted by molar-refractivity contribution is 6.08. The van der Waals surface area contributed by atoms with Gasteiger partial charge in [0.2, 0.25) is 0 Å². The summed E-state index contributed by atoms with van der Waals surface area (Å²) in [4.78, 5) is 17.6. The van der Waals surface area contributed by atoms with Gasteiger partial charge in [-0.3, -0.25) is 0 Å². The zero-order valence-electron chi connectivity index (χ0n) is 17.0. The zero-order chi connectivity index (χ0) is 20.0. The summed E-state index contributed by atoms with van der Waals surface area (Å²) in [5.74, 6) is 1.88. The molecule has 5 rings (SSSR count). The first-order valence-corrected chi connectivity index (χ1v) is 10.0. The van der Waals surface area contributed by atoms with Crippen molar-refractivity contribution in [1.82, 2.24) is 15.0 Å². The van der Waals surface area contributed by atoms with E-state index in [0.717, 1.165) is 53.1 Å². The van der Waals surface area contributed by atoms with Crippen molar-refractivity contribution in [2.45, 2.75) is 19.9 Å². The van der Waals surface area contributed by atoms with Gasteiger partial charge >= 0.3 is 0 Å². The molecule has 4 aromatic rings. The number of nitrogens with one attached hydrogen (secondary N) is 1. The average molecular weight is 387 g/mol. The van der Waals surface area contributed by atoms with Gasteiger partial charge in [-0.25, -0.2) is 9.97 Å². The Balaban J connectivity index is 1.47. The Morgan fingerprint density at radius 2 is 2.00 bits per heavy atom. The van der Waals surface area contributed by atoms with Gasteiger partial charge in [0, 0.05) is 48.3 Å². The van der Waals surface area contributed by atoms with Gasteiger partial charge < -0.3 is 19.5 Å². The predicted octanol–water partition coefficient (Wildman–Crippen LogP) is 4.14. The number of hydrogen-bond acceptors (Lipinski definition) is 5. The first-order valence-electron chi connectivity index (χ1n) is 10.0. The lowest BCUT2D eigenvalue weighted by atomic mass is 10.1. The molecule has 0 bridgehead atoms. The Kier molecular flexibility index (Phi) is 4.27. The zero-order valence-corrected chi connectivity index (χ0v) is 17.0. The molecule has 6 heteroatoms. The summed E-state index contributed by atoms with van der Waals surface area (Å²) < 4.78 is 5.40. The van der Waals surface area contributed by atoms with E-state index in [1.807, 2.05) is 12.1 Å². The summed E-state index contributed by atoms with van der Waals surface area (Å²) >= 11 is 0. The molecular formula is C23H25N5O. The molecular weight excluding hydrogens is 362 g/mol. The van der Waals surface area contributed by atoms with Crippen LogP contribution in [0.2, 0.25) is 0 Å². The molecule has 0 aliphatic carbocycles. The Morgan fingerprint density at radius 3 is 2.83 bits per heavy atom. The lowest BCUT2D eigenvalue weighted by molar-refractivity contribution is 0.414. The number of piperazine rings is 1. The molecule has 1 aliphatic heterocycles. The minimum Gasteiger partial charge on any atom is -0.497 e. The number of H-pyrrole nitrogens is 1. The van der Waals surface area contributed by atoms with Crippen molar-refractivity contribution in [1.29, 1.82) is 0 Å². The molecule has 1 saturated heterocycles. The lowest BCUT2D eigenvalue weighted by Crippen LogP contribution is -2.52. The molecule has 0 radical (unpaired) electrons. The van der Waals surface area contributed by atoms with Gasteiger partial charge in [-0.1, -0.05) is 17.7 Å². The van der Waals surface area contributed by atoms with Crippen LogP contribution in [-0.2, 0) is 0 Å². The van der Waals surface area contributed by atoms with Crippen molar-refractivity contribution >= 4 is 33.4 Å². The van der Waals surface area contributed by atoms with Crippen LogP contribution in [-0.4, -0.2) is 47.7 Å². The van der Waals surface area contributed by atoms with Crippen molar-refractivity contribution in [2.75, 3.05) is 36.5 Å². The van der Waals surface area contributed by atoms with Gasteiger partial charge in [0.05, 0.1) is 7.11 Å². The Hall–Kier alpha value is -3.28. The summed E-state index contributed by atoms with van der Waals surface area (Å²) in [7, 11) is 1.71. The number of nitrogens with zero attached hydrogens (tertiary/aromatic N) is 4. The topological polar surface area (TPSA) is 57.3 Å². The van der Waals surface area contributed by atoms with Crippen molar-refractivity contribution in [3.8, 4) is 5.75 Å². The Labute approximate surface area is 170 Å². The summed E-state index contributed by atoms with van der Waals surface area (Å²) in [6.45, 7) is 7.11. The van der Waals surface area contributed by atoms with Gasteiger partial charge in [0.25, 0.3) is 0 Å². The molecule has 3 heterocycles. The number of ether oxygens (including phenoxy) is 1. The lowest BCUT2D eigenvalue weighted by Gasteiger charge is -2.41. The van der Waals surface area contributed by atoms with Crippen LogP contribution in [0.1, 0.15) is 12.5 Å². The molecule has 0 unspecified atom stereocenters. The van der Waals surface area contributed by atoms with Crippen LogP contribution in [0.4, 0.5) is 11.5 Å². The van der Waals surface area contributed by atoms with Crippen molar-refractivity contribution in [3.63, 3.8) is 0 Å². The van der Waals surface area contributed by atoms with E-state index in [0.29, 0.717) is 6.04 Å². The number of fused-ring (bicyclic) bond motifs is 3. The quantitative estimate of drug-likeness (QED) is 0.572. The van der Waals surface area contributed by atoms with Crippen LogP contribution < -0.4 is 14.5 Å². The molecule has 0 amide bonds. The third-order valence-corrected chi connectivity index (χ3v) is 5.83. The molecule has 0 saturated carbocycles. The second kappa shape index (κ2) is 6.95. The number of aromatic nitrogens is 3. The van der Waals surface area contributed by atoms with Crippen LogP contribution in [0.25, 0.3) is 21.9 Å². The van der Waals surface area contributed by atoms with Gasteiger partial charge in [0.15, 0.2) is 5.82 Å². The van der Waals surface area contributed by atoms with Crippen molar-refractivity contribution in [3.05, 3.63) is 54.4 Å². The number of methoxy groups -OCH3 is 1. The number of anilines is 2. The molecule has 1 fully saturated rings. The summed E-state index contributed by atoms with van der Waals surface area (Å²) in [5.41, 5.74) is 5.56. The minimum atomic E-state index is 0.354. The molecule has 1 N–H and O–H groups in total. The molecule has 0 spiro atoms. The van der Waals surface area contributed by atoms with Gasteiger partial charge in [0.1, 0.15) is 23.1 Å². The molecule has 1 atom stereocenters. The minimum absolute atomic E-state index is 0.354. The first kappa shape index (κ1) is 17.8. The Morgan fingerprint density at radius 1 is 1.10 bits per heavy atom. The maximum absolute atomic E-state index is 5.40. The fourth-order valence-electron chi connectivity index (χ4n) is 4.36. The number of rotatable bonds is 3. The predicted molar refractivity (Wildman–Crippen MR) is 118 cm³/mol. The highest BCUT2D eigenvalue weighted by Crippen LogP contribution is 2.32. The van der Waals surface area contributed by atoms with E-state index in [1.165, 1.54) is 11.3 Å². The van der Waals surface area contributed by atoms with Gasteiger partial charge in [-0.15, -0.1) is 0 Å². The first-order chi connectivity index (χ1) is 14.1. The van der Waals surface area contributed by atoms with Crippen molar-refractivity contribution in [2.24, 2.45) is 0 Å². The maximum atomic E-state index is 5.40. The van der Waals surface area contributed by atoms with E-state index in [9.17, 15) is 0 Å². The normalized spacial score (nSPS) is 17.3. The number of aryl methyl sites for hydroxylation is 1. The number of hydrogen-bond donors (Lipinski definition) is 1. The maximum Gasteiger partial charge on any atom is 0.156 e. The highest BCUT2D eigenvalue weighted by atomic mass is 16.5. The van der Waals surface area contributed by atoms with E-state index in [2.05, 4.69) is 68.9 Å². The van der Waals surface area contributed by atoms with Crippen LogP contribution in [0, 0.1) is 6.92 Å². The molecule has 29 heavy (non-hydrogen) atoms.